The van der Waals surface area contributed by atoms with Gasteiger partial charge in [-0.3, -0.25) is 14.3 Å². The van der Waals surface area contributed by atoms with Crippen molar-refractivity contribution in [2.45, 2.75) is 13.1 Å². The number of hydrogen-bond acceptors (Lipinski definition) is 4. The van der Waals surface area contributed by atoms with Gasteiger partial charge in [0.2, 0.25) is 11.8 Å². The van der Waals surface area contributed by atoms with E-state index in [0.29, 0.717) is 18.8 Å². The Morgan fingerprint density at radius 2 is 1.69 bits per heavy atom. The molecule has 2 N–H and O–H groups in total. The maximum atomic E-state index is 12.9. The van der Waals surface area contributed by atoms with Gasteiger partial charge < -0.3 is 10.6 Å². The molecule has 1 aromatic heterocycles. The first-order valence-electron chi connectivity index (χ1n) is 9.04. The molecule has 1 heterocycles. The lowest BCUT2D eigenvalue weighted by Crippen LogP contribution is -2.26. The summed E-state index contributed by atoms with van der Waals surface area (Å²) in [6.45, 7) is 1.05. The average Bonchev–Trinajstić information content (AvgIpc) is 3.22. The zero-order valence-corrected chi connectivity index (χ0v) is 16.5. The van der Waals surface area contributed by atoms with Crippen LogP contribution in [-0.4, -0.2) is 33.1 Å². The van der Waals surface area contributed by atoms with Crippen molar-refractivity contribution in [3.8, 4) is 0 Å². The number of carbonyl (C=O) groups excluding carboxylic acids is 2. The monoisotopic (exact) mass is 412 g/mol. The second-order valence-electron chi connectivity index (χ2n) is 6.30. The molecule has 0 radical (unpaired) electrons. The highest BCUT2D eigenvalue weighted by Crippen LogP contribution is 2.11. The van der Waals surface area contributed by atoms with Gasteiger partial charge in [-0.2, -0.15) is 5.10 Å². The van der Waals surface area contributed by atoms with E-state index in [2.05, 4.69) is 15.7 Å². The Labute approximate surface area is 172 Å². The fraction of sp³-hybridized carbons (Fsp3) is 0.190. The first-order chi connectivity index (χ1) is 14.1. The highest BCUT2D eigenvalue weighted by Gasteiger charge is 2.08. The van der Waals surface area contributed by atoms with Crippen LogP contribution in [0.1, 0.15) is 11.1 Å². The molecule has 0 aliphatic heterocycles. The lowest BCUT2D eigenvalue weighted by atomic mass is 10.1. The van der Waals surface area contributed by atoms with E-state index in [-0.39, 0.29) is 29.1 Å². The van der Waals surface area contributed by atoms with Crippen LogP contribution in [0.15, 0.2) is 67.0 Å². The predicted octanol–water partition coefficient (Wildman–Crippen LogP) is 3.06. The van der Waals surface area contributed by atoms with Crippen molar-refractivity contribution in [3.63, 3.8) is 0 Å². The van der Waals surface area contributed by atoms with Crippen molar-refractivity contribution >= 4 is 29.3 Å². The maximum absolute atomic E-state index is 12.9. The van der Waals surface area contributed by atoms with Crippen molar-refractivity contribution < 1.29 is 14.0 Å². The number of aromatic nitrogens is 2. The van der Waals surface area contributed by atoms with E-state index in [4.69, 9.17) is 0 Å². The lowest BCUT2D eigenvalue weighted by molar-refractivity contribution is -0.118. The number of nitrogens with one attached hydrogen (secondary N) is 2. The summed E-state index contributed by atoms with van der Waals surface area (Å²) in [5, 5.41) is 9.76. The summed E-state index contributed by atoms with van der Waals surface area (Å²) in [5.74, 6) is -0.420. The molecule has 0 atom stereocenters. The molecule has 0 aliphatic rings. The van der Waals surface area contributed by atoms with E-state index in [1.54, 1.807) is 6.20 Å². The summed E-state index contributed by atoms with van der Waals surface area (Å²) in [4.78, 5) is 24.0. The Hall–Kier alpha value is -3.13. The Bertz CT molecular complexity index is 946. The normalized spacial score (nSPS) is 10.5. The summed E-state index contributed by atoms with van der Waals surface area (Å²) in [6, 6.07) is 15.3. The zero-order valence-electron chi connectivity index (χ0n) is 15.7. The van der Waals surface area contributed by atoms with Crippen LogP contribution in [0.5, 0.6) is 0 Å². The summed E-state index contributed by atoms with van der Waals surface area (Å²) < 4.78 is 14.7. The summed E-state index contributed by atoms with van der Waals surface area (Å²) in [6.07, 6.45) is 3.62. The number of carbonyl (C=O) groups is 2. The summed E-state index contributed by atoms with van der Waals surface area (Å²) in [7, 11) is 0. The minimum Gasteiger partial charge on any atom is -0.351 e. The van der Waals surface area contributed by atoms with Crippen molar-refractivity contribution in [1.82, 2.24) is 15.1 Å². The van der Waals surface area contributed by atoms with Crippen molar-refractivity contribution in [1.29, 1.82) is 0 Å². The van der Waals surface area contributed by atoms with E-state index < -0.39 is 0 Å². The number of halogens is 1. The third-order valence-corrected chi connectivity index (χ3v) is 5.01. The third-order valence-electron chi connectivity index (χ3n) is 4.08. The van der Waals surface area contributed by atoms with Crippen LogP contribution in [0.2, 0.25) is 0 Å². The van der Waals surface area contributed by atoms with E-state index in [0.717, 1.165) is 11.1 Å². The van der Waals surface area contributed by atoms with Gasteiger partial charge in [0.15, 0.2) is 0 Å². The van der Waals surface area contributed by atoms with Crippen LogP contribution in [0.4, 0.5) is 10.1 Å². The van der Waals surface area contributed by atoms with Crippen LogP contribution < -0.4 is 10.6 Å². The lowest BCUT2D eigenvalue weighted by Gasteiger charge is -2.11. The van der Waals surface area contributed by atoms with Gasteiger partial charge in [0, 0.05) is 24.6 Å². The second-order valence-corrected chi connectivity index (χ2v) is 7.28. The summed E-state index contributed by atoms with van der Waals surface area (Å²) >= 11 is 1.22. The quantitative estimate of drug-likeness (QED) is 0.566. The molecule has 2 amide bonds. The first-order valence-corrected chi connectivity index (χ1v) is 10.2. The number of benzene rings is 2. The van der Waals surface area contributed by atoms with Gasteiger partial charge >= 0.3 is 0 Å². The van der Waals surface area contributed by atoms with Gasteiger partial charge in [-0.15, -0.1) is 11.8 Å². The smallest absolute Gasteiger partial charge is 0.234 e. The van der Waals surface area contributed by atoms with E-state index >= 15 is 0 Å². The number of rotatable bonds is 9. The van der Waals surface area contributed by atoms with Crippen molar-refractivity contribution in [3.05, 3.63) is 83.9 Å². The average molecular weight is 412 g/mol. The molecule has 0 saturated carbocycles. The molecule has 150 valence electrons. The van der Waals surface area contributed by atoms with Crippen LogP contribution in [0.25, 0.3) is 0 Å². The van der Waals surface area contributed by atoms with Gasteiger partial charge in [-0.25, -0.2) is 4.39 Å². The highest BCUT2D eigenvalue weighted by atomic mass is 32.2. The third kappa shape index (κ3) is 6.76. The van der Waals surface area contributed by atoms with Crippen LogP contribution in [0.3, 0.4) is 0 Å². The number of hydrogen-bond donors (Lipinski definition) is 2. The second kappa shape index (κ2) is 10.4. The Morgan fingerprint density at radius 3 is 2.41 bits per heavy atom. The molecule has 2 aromatic carbocycles. The fourth-order valence-corrected chi connectivity index (χ4v) is 3.31. The van der Waals surface area contributed by atoms with E-state index in [1.165, 1.54) is 36.0 Å². The molecule has 3 aromatic rings. The predicted molar refractivity (Wildman–Crippen MR) is 112 cm³/mol. The first kappa shape index (κ1) is 20.6. The molecule has 0 saturated heterocycles. The molecule has 0 aliphatic carbocycles. The van der Waals surface area contributed by atoms with E-state index in [1.807, 2.05) is 41.2 Å². The number of anilines is 1. The molecule has 3 rings (SSSR count). The van der Waals surface area contributed by atoms with Crippen molar-refractivity contribution in [2.24, 2.45) is 0 Å². The molecule has 29 heavy (non-hydrogen) atoms. The van der Waals surface area contributed by atoms with E-state index in [9.17, 15) is 14.0 Å². The molecule has 0 spiro atoms. The minimum atomic E-state index is -0.361. The molecule has 8 heteroatoms. The van der Waals surface area contributed by atoms with Gasteiger partial charge in [-0.05, 0) is 41.5 Å². The Kier molecular flexibility index (Phi) is 7.40. The standard InChI is InChI=1S/C21H21FN4O2S/c22-18-6-8-19(9-7-18)25-21(28)15-29-14-20(27)23-12-16-4-1-2-5-17(16)13-26-11-3-10-24-26/h1-11H,12-15H2,(H,23,27)(H,25,28). The van der Waals surface area contributed by atoms with Crippen molar-refractivity contribution in [2.75, 3.05) is 16.8 Å². The summed E-state index contributed by atoms with van der Waals surface area (Å²) in [5.41, 5.74) is 2.63. The molecule has 6 nitrogen and oxygen atoms in total. The highest BCUT2D eigenvalue weighted by molar-refractivity contribution is 8.00. The molecule has 0 unspecified atom stereocenters. The van der Waals surface area contributed by atoms with Crippen LogP contribution >= 0.6 is 11.8 Å². The zero-order chi connectivity index (χ0) is 20.5. The Balaban J connectivity index is 1.40. The minimum absolute atomic E-state index is 0.140. The molecule has 0 fully saturated rings. The maximum Gasteiger partial charge on any atom is 0.234 e. The number of nitrogens with zero attached hydrogens (tertiary/aromatic N) is 2. The van der Waals surface area contributed by atoms with Gasteiger partial charge in [-0.1, -0.05) is 24.3 Å². The van der Waals surface area contributed by atoms with Crippen LogP contribution in [-0.2, 0) is 22.7 Å². The molecular formula is C21H21FN4O2S. The molecule has 0 bridgehead atoms. The topological polar surface area (TPSA) is 76.0 Å². The molecular weight excluding hydrogens is 391 g/mol. The van der Waals surface area contributed by atoms with Gasteiger partial charge in [0.05, 0.1) is 18.1 Å². The number of amides is 2. The Morgan fingerprint density at radius 1 is 0.966 bits per heavy atom. The largest absolute Gasteiger partial charge is 0.351 e. The SMILES string of the molecule is O=C(CSCC(=O)Nc1ccc(F)cc1)NCc1ccccc1Cn1cccn1. The fourth-order valence-electron chi connectivity index (χ4n) is 2.66. The van der Waals surface area contributed by atoms with Crippen LogP contribution in [0, 0.1) is 5.82 Å². The number of thioether (sulfide) groups is 1. The van der Waals surface area contributed by atoms with Gasteiger partial charge in [0.1, 0.15) is 5.82 Å². The van der Waals surface area contributed by atoms with Gasteiger partial charge in [0.25, 0.3) is 0 Å².